The molecular formula is C21H21FN2O7. The van der Waals surface area contributed by atoms with Gasteiger partial charge in [0.1, 0.15) is 28.7 Å². The molecular weight excluding hydrogens is 411 g/mol. The number of hydrogen-bond donors (Lipinski definition) is 5. The molecule has 4 atom stereocenters. The topological polar surface area (TPSA) is 161 Å². The first-order chi connectivity index (χ1) is 14.4. The molecule has 0 saturated carbocycles. The van der Waals surface area contributed by atoms with Crippen molar-refractivity contribution >= 4 is 17.5 Å². The van der Waals surface area contributed by atoms with E-state index >= 15 is 0 Å². The second-order valence-electron chi connectivity index (χ2n) is 8.38. The maximum atomic E-state index is 14.4. The molecule has 0 bridgehead atoms. The molecule has 0 aliphatic heterocycles. The minimum Gasteiger partial charge on any atom is -0.510 e. The van der Waals surface area contributed by atoms with Gasteiger partial charge < -0.3 is 26.2 Å². The van der Waals surface area contributed by atoms with Crippen LogP contribution in [-0.4, -0.2) is 68.5 Å². The fourth-order valence-corrected chi connectivity index (χ4v) is 5.21. The predicted octanol–water partition coefficient (Wildman–Crippen LogP) is 0.260. The van der Waals surface area contributed by atoms with Gasteiger partial charge in [0.2, 0.25) is 5.78 Å². The van der Waals surface area contributed by atoms with Gasteiger partial charge in [-0.15, -0.1) is 0 Å². The summed E-state index contributed by atoms with van der Waals surface area (Å²) < 4.78 is 14.4. The number of ketones is 2. The third-order valence-electron chi connectivity index (χ3n) is 6.55. The van der Waals surface area contributed by atoms with E-state index in [1.807, 2.05) is 0 Å². The van der Waals surface area contributed by atoms with Crippen LogP contribution in [0.25, 0.3) is 0 Å². The molecule has 164 valence electrons. The van der Waals surface area contributed by atoms with Crippen molar-refractivity contribution in [1.29, 1.82) is 0 Å². The highest BCUT2D eigenvalue weighted by molar-refractivity contribution is 6.24. The number of halogens is 1. The number of aromatic hydroxyl groups is 1. The zero-order valence-electron chi connectivity index (χ0n) is 16.7. The molecule has 0 radical (unpaired) electrons. The normalized spacial score (nSPS) is 30.3. The van der Waals surface area contributed by atoms with E-state index in [0.29, 0.717) is 0 Å². The Labute approximate surface area is 175 Å². The van der Waals surface area contributed by atoms with Crippen LogP contribution in [0.4, 0.5) is 4.39 Å². The van der Waals surface area contributed by atoms with E-state index in [0.717, 1.165) is 12.1 Å². The van der Waals surface area contributed by atoms with Gasteiger partial charge >= 0.3 is 0 Å². The lowest BCUT2D eigenvalue weighted by Gasteiger charge is -2.50. The molecule has 9 nitrogen and oxygen atoms in total. The van der Waals surface area contributed by atoms with Crippen LogP contribution in [0.3, 0.4) is 0 Å². The smallest absolute Gasteiger partial charge is 0.255 e. The Bertz CT molecular complexity index is 1120. The van der Waals surface area contributed by atoms with Crippen molar-refractivity contribution in [1.82, 2.24) is 4.90 Å². The number of phenolic OH excluding ortho intramolecular Hbond substituents is 1. The zero-order chi connectivity index (χ0) is 23.0. The number of amides is 1. The van der Waals surface area contributed by atoms with Crippen LogP contribution in [0.15, 0.2) is 34.8 Å². The Balaban J connectivity index is 1.98. The van der Waals surface area contributed by atoms with Crippen molar-refractivity contribution in [2.24, 2.45) is 17.6 Å². The van der Waals surface area contributed by atoms with Crippen LogP contribution < -0.4 is 5.73 Å². The minimum absolute atomic E-state index is 0.0295. The number of carbonyl (C=O) groups excluding carboxylic acids is 3. The molecule has 31 heavy (non-hydrogen) atoms. The third kappa shape index (κ3) is 2.58. The molecule has 0 saturated heterocycles. The lowest BCUT2D eigenvalue weighted by Crippen LogP contribution is -2.63. The quantitative estimate of drug-likeness (QED) is 0.416. The van der Waals surface area contributed by atoms with Crippen LogP contribution in [0, 0.1) is 17.7 Å². The number of likely N-dealkylation sites (N-methyl/N-ethyl adjacent to an activating group) is 1. The summed E-state index contributed by atoms with van der Waals surface area (Å²) in [5, 5.41) is 43.1. The number of nitrogens with zero attached hydrogens (tertiary/aromatic N) is 1. The van der Waals surface area contributed by atoms with Crippen molar-refractivity contribution in [2.45, 2.75) is 24.5 Å². The van der Waals surface area contributed by atoms with Gasteiger partial charge in [-0.2, -0.15) is 0 Å². The second-order valence-corrected chi connectivity index (χ2v) is 8.38. The molecule has 0 fully saturated rings. The van der Waals surface area contributed by atoms with Crippen molar-refractivity contribution < 1.29 is 39.2 Å². The first kappa shape index (κ1) is 21.0. The molecule has 6 N–H and O–H groups in total. The van der Waals surface area contributed by atoms with Crippen molar-refractivity contribution in [3.05, 3.63) is 51.7 Å². The first-order valence-electron chi connectivity index (χ1n) is 9.58. The molecule has 1 aromatic rings. The van der Waals surface area contributed by atoms with Gasteiger partial charge in [-0.25, -0.2) is 4.39 Å². The predicted molar refractivity (Wildman–Crippen MR) is 104 cm³/mol. The number of aliphatic hydroxyl groups is 3. The number of benzene rings is 1. The largest absolute Gasteiger partial charge is 0.510 e. The van der Waals surface area contributed by atoms with E-state index in [2.05, 4.69) is 0 Å². The van der Waals surface area contributed by atoms with Crippen molar-refractivity contribution in [3.63, 3.8) is 0 Å². The van der Waals surface area contributed by atoms with Crippen LogP contribution in [0.5, 0.6) is 5.75 Å². The Morgan fingerprint density at radius 3 is 2.45 bits per heavy atom. The molecule has 4 rings (SSSR count). The third-order valence-corrected chi connectivity index (χ3v) is 6.55. The fraction of sp³-hybridized carbons (Fsp3) is 0.381. The number of fused-ring (bicyclic) bond motifs is 3. The summed E-state index contributed by atoms with van der Waals surface area (Å²) in [5.74, 6) is -8.28. The van der Waals surface area contributed by atoms with E-state index < -0.39 is 69.6 Å². The summed E-state index contributed by atoms with van der Waals surface area (Å²) in [6, 6.07) is 0.944. The lowest BCUT2D eigenvalue weighted by molar-refractivity contribution is -0.148. The highest BCUT2D eigenvalue weighted by Crippen LogP contribution is 2.52. The molecule has 0 spiro atoms. The number of primary amides is 1. The van der Waals surface area contributed by atoms with E-state index in [9.17, 15) is 39.2 Å². The number of phenols is 1. The van der Waals surface area contributed by atoms with Crippen molar-refractivity contribution in [3.8, 4) is 5.75 Å². The van der Waals surface area contributed by atoms with Crippen LogP contribution in [0.2, 0.25) is 0 Å². The van der Waals surface area contributed by atoms with Gasteiger partial charge in [0, 0.05) is 17.1 Å². The summed E-state index contributed by atoms with van der Waals surface area (Å²) in [4.78, 5) is 39.5. The maximum absolute atomic E-state index is 14.4. The molecule has 3 aliphatic rings. The number of allylic oxidation sites excluding steroid dienone is 1. The van der Waals surface area contributed by atoms with Gasteiger partial charge in [0.05, 0.1) is 11.6 Å². The Hall–Kier alpha value is -3.24. The number of hydrogen-bond acceptors (Lipinski definition) is 8. The number of nitrogens with two attached hydrogens (primary N) is 1. The number of aliphatic hydroxyl groups excluding tert-OH is 2. The number of rotatable bonds is 2. The van der Waals surface area contributed by atoms with Gasteiger partial charge in [-0.05, 0) is 45.0 Å². The van der Waals surface area contributed by atoms with E-state index in [-0.39, 0.29) is 29.5 Å². The Kier molecular flexibility index (Phi) is 4.49. The summed E-state index contributed by atoms with van der Waals surface area (Å²) in [5.41, 5.74) is 0.981. The summed E-state index contributed by atoms with van der Waals surface area (Å²) in [6.45, 7) is 0. The van der Waals surface area contributed by atoms with E-state index in [1.165, 1.54) is 19.0 Å². The van der Waals surface area contributed by atoms with Crippen LogP contribution in [-0.2, 0) is 16.0 Å². The molecule has 3 aliphatic carbocycles. The summed E-state index contributed by atoms with van der Waals surface area (Å²) in [6.07, 6.45) is -0.157. The highest BCUT2D eigenvalue weighted by atomic mass is 19.1. The van der Waals surface area contributed by atoms with E-state index in [1.54, 1.807) is 0 Å². The second kappa shape index (κ2) is 6.63. The summed E-state index contributed by atoms with van der Waals surface area (Å²) in [7, 11) is 3.07. The average molecular weight is 432 g/mol. The standard InChI is InChI=1S/C21H21FN2O7/c1-24(2)15-9-6-7-5-8-10(22)3-4-11(25)13(8)16(26)12(7)18(28)21(9,31)19(29)14(17(15)27)20(23)30/h3-4,7,9,15,25,27-28,31H,5-6H2,1-2H3,(H2,23,30)/t7?,9?,15-,21-/m0/s1. The van der Waals surface area contributed by atoms with Gasteiger partial charge in [-0.3, -0.25) is 19.3 Å². The van der Waals surface area contributed by atoms with Gasteiger partial charge in [-0.1, -0.05) is 0 Å². The van der Waals surface area contributed by atoms with E-state index in [4.69, 9.17) is 5.73 Å². The van der Waals surface area contributed by atoms with Crippen LogP contribution in [0.1, 0.15) is 22.3 Å². The zero-order valence-corrected chi connectivity index (χ0v) is 16.7. The fourth-order valence-electron chi connectivity index (χ4n) is 5.21. The molecule has 0 aromatic heterocycles. The molecule has 10 heteroatoms. The summed E-state index contributed by atoms with van der Waals surface area (Å²) >= 11 is 0. The lowest BCUT2D eigenvalue weighted by atomic mass is 9.58. The monoisotopic (exact) mass is 432 g/mol. The molecule has 0 heterocycles. The average Bonchev–Trinajstić information content (AvgIpc) is 2.67. The number of carbonyl (C=O) groups is 3. The van der Waals surface area contributed by atoms with Crippen LogP contribution >= 0.6 is 0 Å². The first-order valence-corrected chi connectivity index (χ1v) is 9.58. The molecule has 1 aromatic carbocycles. The van der Waals surface area contributed by atoms with Crippen molar-refractivity contribution in [2.75, 3.05) is 14.1 Å². The molecule has 2 unspecified atom stereocenters. The highest BCUT2D eigenvalue weighted by Gasteiger charge is 2.63. The Morgan fingerprint density at radius 2 is 1.87 bits per heavy atom. The van der Waals surface area contributed by atoms with Gasteiger partial charge in [0.25, 0.3) is 5.91 Å². The molecule has 1 amide bonds. The van der Waals surface area contributed by atoms with Gasteiger partial charge in [0.15, 0.2) is 11.4 Å². The minimum atomic E-state index is -2.70. The number of Topliss-reactive ketones (excluding diaryl/α,β-unsaturated/α-hetero) is 2. The Morgan fingerprint density at radius 1 is 1.23 bits per heavy atom. The maximum Gasteiger partial charge on any atom is 0.255 e. The SMILES string of the molecule is CN(C)[C@@H]1C(O)=C(C(N)=O)C(=O)[C@@]2(O)C(O)=C3C(=O)c4c(O)ccc(F)c4CC3CC12.